The van der Waals surface area contributed by atoms with Gasteiger partial charge in [0.1, 0.15) is 0 Å². The third-order valence-electron chi connectivity index (χ3n) is 2.99. The van der Waals surface area contributed by atoms with Crippen LogP contribution in [0.1, 0.15) is 38.3 Å². The van der Waals surface area contributed by atoms with Crippen LogP contribution in [0.5, 0.6) is 0 Å². The number of hydrogen-bond acceptors (Lipinski definition) is 1. The number of rotatable bonds is 2. The van der Waals surface area contributed by atoms with Gasteiger partial charge in [0.2, 0.25) is 0 Å². The van der Waals surface area contributed by atoms with Crippen LogP contribution in [-0.2, 0) is 5.41 Å². The third kappa shape index (κ3) is 1.85. The Morgan fingerprint density at radius 3 is 2.46 bits per heavy atom. The van der Waals surface area contributed by atoms with E-state index in [1.165, 1.54) is 11.1 Å². The molecule has 0 aliphatic rings. The molecule has 0 radical (unpaired) electrons. The number of nitrogens with two attached hydrogens (primary N) is 1. The van der Waals surface area contributed by atoms with Gasteiger partial charge in [-0.25, -0.2) is 0 Å². The summed E-state index contributed by atoms with van der Waals surface area (Å²) in [6, 6.07) is 6.18. The molecule has 0 spiro atoms. The monoisotopic (exact) mass is 177 g/mol. The van der Waals surface area contributed by atoms with Crippen LogP contribution in [0.3, 0.4) is 0 Å². The van der Waals surface area contributed by atoms with E-state index in [-0.39, 0.29) is 5.41 Å². The highest BCUT2D eigenvalue weighted by molar-refractivity contribution is 5.52. The second-order valence-electron chi connectivity index (χ2n) is 4.26. The van der Waals surface area contributed by atoms with E-state index in [9.17, 15) is 0 Å². The maximum atomic E-state index is 5.87. The molecule has 72 valence electrons. The Bertz CT molecular complexity index is 300. The van der Waals surface area contributed by atoms with E-state index < -0.39 is 0 Å². The van der Waals surface area contributed by atoms with E-state index in [0.29, 0.717) is 0 Å². The van der Waals surface area contributed by atoms with Crippen molar-refractivity contribution in [2.45, 2.75) is 39.5 Å². The summed E-state index contributed by atoms with van der Waals surface area (Å²) in [5.41, 5.74) is 9.61. The van der Waals surface area contributed by atoms with Crippen molar-refractivity contribution < 1.29 is 0 Å². The maximum Gasteiger partial charge on any atom is 0.0346 e. The fourth-order valence-corrected chi connectivity index (χ4v) is 1.58. The zero-order valence-corrected chi connectivity index (χ0v) is 9.02. The minimum Gasteiger partial charge on any atom is -0.399 e. The minimum absolute atomic E-state index is 0.236. The molecular formula is C12H19N. The number of anilines is 1. The molecular weight excluding hydrogens is 158 g/mol. The van der Waals surface area contributed by atoms with Crippen molar-refractivity contribution >= 4 is 5.69 Å². The number of nitrogen functional groups attached to an aromatic ring is 1. The Kier molecular flexibility index (Phi) is 2.65. The van der Waals surface area contributed by atoms with Crippen molar-refractivity contribution in [2.75, 3.05) is 5.73 Å². The highest BCUT2D eigenvalue weighted by Crippen LogP contribution is 2.31. The van der Waals surface area contributed by atoms with Crippen molar-refractivity contribution in [1.29, 1.82) is 0 Å². The van der Waals surface area contributed by atoms with Gasteiger partial charge in [-0.05, 0) is 36.0 Å². The Morgan fingerprint density at radius 1 is 1.31 bits per heavy atom. The van der Waals surface area contributed by atoms with E-state index in [1.807, 2.05) is 12.1 Å². The summed E-state index contributed by atoms with van der Waals surface area (Å²) in [4.78, 5) is 0. The third-order valence-corrected chi connectivity index (χ3v) is 2.99. The van der Waals surface area contributed by atoms with Crippen LogP contribution >= 0.6 is 0 Å². The first-order chi connectivity index (χ1) is 5.99. The van der Waals surface area contributed by atoms with Gasteiger partial charge in [0, 0.05) is 5.69 Å². The van der Waals surface area contributed by atoms with Gasteiger partial charge in [0.25, 0.3) is 0 Å². The molecule has 2 N–H and O–H groups in total. The number of benzene rings is 1. The van der Waals surface area contributed by atoms with Crippen LogP contribution in [-0.4, -0.2) is 0 Å². The van der Waals surface area contributed by atoms with Crippen molar-refractivity contribution in [3.05, 3.63) is 29.3 Å². The molecule has 0 saturated heterocycles. The highest BCUT2D eigenvalue weighted by Gasteiger charge is 2.20. The second-order valence-corrected chi connectivity index (χ2v) is 4.26. The molecule has 0 heterocycles. The summed E-state index contributed by atoms with van der Waals surface area (Å²) in [5, 5.41) is 0. The average molecular weight is 177 g/mol. The first-order valence-electron chi connectivity index (χ1n) is 4.84. The molecule has 0 aliphatic carbocycles. The molecule has 0 unspecified atom stereocenters. The lowest BCUT2D eigenvalue weighted by Gasteiger charge is -2.26. The molecule has 0 fully saturated rings. The van der Waals surface area contributed by atoms with Crippen molar-refractivity contribution in [3.8, 4) is 0 Å². The van der Waals surface area contributed by atoms with Crippen molar-refractivity contribution in [2.24, 2.45) is 0 Å². The average Bonchev–Trinajstić information content (AvgIpc) is 2.09. The molecule has 1 aromatic carbocycles. The van der Waals surface area contributed by atoms with E-state index in [1.54, 1.807) is 0 Å². The first-order valence-corrected chi connectivity index (χ1v) is 4.84. The Balaban J connectivity index is 3.22. The van der Waals surface area contributed by atoms with Crippen LogP contribution in [0.25, 0.3) is 0 Å². The molecule has 0 amide bonds. The van der Waals surface area contributed by atoms with Gasteiger partial charge >= 0.3 is 0 Å². The Morgan fingerprint density at radius 2 is 1.92 bits per heavy atom. The summed E-state index contributed by atoms with van der Waals surface area (Å²) in [7, 11) is 0. The molecule has 0 aromatic heterocycles. The molecule has 1 aromatic rings. The first kappa shape index (κ1) is 10.1. The van der Waals surface area contributed by atoms with Gasteiger partial charge in [-0.15, -0.1) is 0 Å². The zero-order chi connectivity index (χ0) is 10.1. The zero-order valence-electron chi connectivity index (χ0n) is 9.02. The van der Waals surface area contributed by atoms with E-state index in [4.69, 9.17) is 5.73 Å². The lowest BCUT2D eigenvalue weighted by atomic mass is 9.79. The summed E-state index contributed by atoms with van der Waals surface area (Å²) in [5.74, 6) is 0. The summed E-state index contributed by atoms with van der Waals surface area (Å²) < 4.78 is 0. The summed E-state index contributed by atoms with van der Waals surface area (Å²) >= 11 is 0. The molecule has 0 saturated carbocycles. The van der Waals surface area contributed by atoms with E-state index in [2.05, 4.69) is 33.8 Å². The molecule has 0 atom stereocenters. The fourth-order valence-electron chi connectivity index (χ4n) is 1.58. The topological polar surface area (TPSA) is 26.0 Å². The maximum absolute atomic E-state index is 5.87. The Hall–Kier alpha value is -0.980. The normalized spacial score (nSPS) is 11.7. The molecule has 1 nitrogen and oxygen atoms in total. The van der Waals surface area contributed by atoms with Crippen LogP contribution in [0, 0.1) is 6.92 Å². The lowest BCUT2D eigenvalue weighted by Crippen LogP contribution is -2.17. The van der Waals surface area contributed by atoms with Gasteiger partial charge < -0.3 is 5.73 Å². The minimum atomic E-state index is 0.236. The molecule has 1 rings (SSSR count). The van der Waals surface area contributed by atoms with E-state index >= 15 is 0 Å². The molecule has 0 aliphatic heterocycles. The largest absolute Gasteiger partial charge is 0.399 e. The van der Waals surface area contributed by atoms with Crippen LogP contribution in [0.4, 0.5) is 5.69 Å². The van der Waals surface area contributed by atoms with Crippen LogP contribution < -0.4 is 5.73 Å². The van der Waals surface area contributed by atoms with Crippen molar-refractivity contribution in [1.82, 2.24) is 0 Å². The summed E-state index contributed by atoms with van der Waals surface area (Å²) in [6.07, 6.45) is 1.14. The number of hydrogen-bond donors (Lipinski definition) is 1. The fraction of sp³-hybridized carbons (Fsp3) is 0.500. The van der Waals surface area contributed by atoms with Gasteiger partial charge in [-0.2, -0.15) is 0 Å². The molecule has 13 heavy (non-hydrogen) atoms. The van der Waals surface area contributed by atoms with Gasteiger partial charge in [-0.3, -0.25) is 0 Å². The van der Waals surface area contributed by atoms with Gasteiger partial charge in [0.05, 0.1) is 0 Å². The van der Waals surface area contributed by atoms with Gasteiger partial charge in [-0.1, -0.05) is 32.9 Å². The molecule has 1 heteroatoms. The smallest absolute Gasteiger partial charge is 0.0346 e. The highest BCUT2D eigenvalue weighted by atomic mass is 14.6. The standard InChI is InChI=1S/C12H19N/c1-5-12(3,4)10-7-6-8-11(13)9(10)2/h6-8H,5,13H2,1-4H3. The van der Waals surface area contributed by atoms with E-state index in [0.717, 1.165) is 12.1 Å². The quantitative estimate of drug-likeness (QED) is 0.689. The van der Waals surface area contributed by atoms with Crippen LogP contribution in [0.15, 0.2) is 18.2 Å². The molecule has 0 bridgehead atoms. The van der Waals surface area contributed by atoms with Crippen LogP contribution in [0.2, 0.25) is 0 Å². The second kappa shape index (κ2) is 3.41. The predicted octanol–water partition coefficient (Wildman–Crippen LogP) is 3.26. The predicted molar refractivity (Wildman–Crippen MR) is 58.9 cm³/mol. The summed E-state index contributed by atoms with van der Waals surface area (Å²) in [6.45, 7) is 8.83. The van der Waals surface area contributed by atoms with Crippen molar-refractivity contribution in [3.63, 3.8) is 0 Å². The SMILES string of the molecule is CCC(C)(C)c1cccc(N)c1C. The Labute approximate surface area is 81.0 Å². The lowest BCUT2D eigenvalue weighted by molar-refractivity contribution is 0.503. The van der Waals surface area contributed by atoms with Gasteiger partial charge in [0.15, 0.2) is 0 Å².